The Hall–Kier alpha value is -1.06. The molecule has 0 radical (unpaired) electrons. The predicted molar refractivity (Wildman–Crippen MR) is 44.8 cm³/mol. The first-order valence-corrected chi connectivity index (χ1v) is 4.17. The zero-order chi connectivity index (χ0) is 9.14. The molecule has 1 fully saturated rings. The molecule has 4 heteroatoms. The van der Waals surface area contributed by atoms with E-state index in [0.717, 1.165) is 12.8 Å². The number of carbonyl (C=O) groups is 1. The van der Waals surface area contributed by atoms with Crippen LogP contribution < -0.4 is 5.73 Å². The lowest BCUT2D eigenvalue weighted by atomic mass is 10.0. The number of nitrogens with two attached hydrogens (primary N) is 1. The van der Waals surface area contributed by atoms with Crippen molar-refractivity contribution in [2.75, 3.05) is 6.61 Å². The quantitative estimate of drug-likeness (QED) is 0.366. The molecule has 0 saturated heterocycles. The molecule has 12 heavy (non-hydrogen) atoms. The highest BCUT2D eigenvalue weighted by Gasteiger charge is 2.39. The van der Waals surface area contributed by atoms with Crippen molar-refractivity contribution in [3.05, 3.63) is 0 Å². The lowest BCUT2D eigenvalue weighted by molar-refractivity contribution is -0.146. The standard InChI is InChI=1S/C8H14N2O2/c1-2-12-8(11)6(7(9)10)5-3-4-5/h5-6H,2-4H2,1H3,(H3,9,10)/t6-/m1/s1. The van der Waals surface area contributed by atoms with E-state index in [-0.39, 0.29) is 17.7 Å². The third kappa shape index (κ3) is 1.96. The van der Waals surface area contributed by atoms with Crippen LogP contribution in [0.25, 0.3) is 0 Å². The van der Waals surface area contributed by atoms with Crippen molar-refractivity contribution in [1.82, 2.24) is 0 Å². The summed E-state index contributed by atoms with van der Waals surface area (Å²) in [7, 11) is 0. The summed E-state index contributed by atoms with van der Waals surface area (Å²) in [6.45, 7) is 2.11. The number of nitrogens with one attached hydrogen (secondary N) is 1. The zero-order valence-corrected chi connectivity index (χ0v) is 7.17. The fourth-order valence-electron chi connectivity index (χ4n) is 1.23. The second kappa shape index (κ2) is 3.56. The van der Waals surface area contributed by atoms with Crippen LogP contribution >= 0.6 is 0 Å². The lowest BCUT2D eigenvalue weighted by Crippen LogP contribution is -2.32. The number of esters is 1. The van der Waals surface area contributed by atoms with E-state index >= 15 is 0 Å². The summed E-state index contributed by atoms with van der Waals surface area (Å²) in [6.07, 6.45) is 1.98. The van der Waals surface area contributed by atoms with Gasteiger partial charge in [-0.05, 0) is 25.7 Å². The number of hydrogen-bond donors (Lipinski definition) is 2. The van der Waals surface area contributed by atoms with Gasteiger partial charge in [0.15, 0.2) is 0 Å². The van der Waals surface area contributed by atoms with Crippen LogP contribution in [-0.2, 0) is 9.53 Å². The van der Waals surface area contributed by atoms with Gasteiger partial charge in [0.2, 0.25) is 0 Å². The maximum absolute atomic E-state index is 11.2. The van der Waals surface area contributed by atoms with Crippen LogP contribution in [-0.4, -0.2) is 18.4 Å². The topological polar surface area (TPSA) is 76.2 Å². The number of rotatable bonds is 4. The van der Waals surface area contributed by atoms with Crippen molar-refractivity contribution >= 4 is 11.8 Å². The van der Waals surface area contributed by atoms with E-state index in [4.69, 9.17) is 15.9 Å². The minimum atomic E-state index is -0.482. The van der Waals surface area contributed by atoms with Crippen molar-refractivity contribution in [2.45, 2.75) is 19.8 Å². The normalized spacial score (nSPS) is 18.4. The molecule has 1 atom stereocenters. The van der Waals surface area contributed by atoms with E-state index < -0.39 is 5.92 Å². The Balaban J connectivity index is 2.52. The molecule has 0 spiro atoms. The molecule has 4 nitrogen and oxygen atoms in total. The molecule has 0 aromatic heterocycles. The van der Waals surface area contributed by atoms with Gasteiger partial charge in [-0.25, -0.2) is 0 Å². The summed E-state index contributed by atoms with van der Waals surface area (Å²) in [5.74, 6) is -0.616. The summed E-state index contributed by atoms with van der Waals surface area (Å²) >= 11 is 0. The van der Waals surface area contributed by atoms with Gasteiger partial charge in [-0.2, -0.15) is 0 Å². The molecule has 0 aromatic carbocycles. The molecule has 0 aromatic rings. The summed E-state index contributed by atoms with van der Waals surface area (Å²) in [5.41, 5.74) is 5.29. The summed E-state index contributed by atoms with van der Waals surface area (Å²) < 4.78 is 4.81. The van der Waals surface area contributed by atoms with Crippen molar-refractivity contribution in [3.63, 3.8) is 0 Å². The maximum Gasteiger partial charge on any atom is 0.316 e. The summed E-state index contributed by atoms with van der Waals surface area (Å²) in [4.78, 5) is 11.2. The zero-order valence-electron chi connectivity index (χ0n) is 7.17. The summed E-state index contributed by atoms with van der Waals surface area (Å²) in [5, 5.41) is 7.21. The van der Waals surface area contributed by atoms with Crippen LogP contribution in [0.4, 0.5) is 0 Å². The smallest absolute Gasteiger partial charge is 0.316 e. The largest absolute Gasteiger partial charge is 0.465 e. The average Bonchev–Trinajstić information content (AvgIpc) is 2.71. The monoisotopic (exact) mass is 170 g/mol. The molecule has 3 N–H and O–H groups in total. The van der Waals surface area contributed by atoms with Gasteiger partial charge < -0.3 is 10.5 Å². The highest BCUT2D eigenvalue weighted by molar-refractivity contribution is 5.99. The number of ether oxygens (including phenoxy) is 1. The Morgan fingerprint density at radius 1 is 1.75 bits per heavy atom. The second-order valence-corrected chi connectivity index (χ2v) is 3.02. The number of amidine groups is 1. The molecule has 68 valence electrons. The van der Waals surface area contributed by atoms with Gasteiger partial charge in [0, 0.05) is 0 Å². The van der Waals surface area contributed by atoms with Gasteiger partial charge in [-0.3, -0.25) is 10.2 Å². The van der Waals surface area contributed by atoms with E-state index in [1.54, 1.807) is 6.92 Å². The van der Waals surface area contributed by atoms with E-state index in [2.05, 4.69) is 0 Å². The van der Waals surface area contributed by atoms with E-state index in [1.807, 2.05) is 0 Å². The van der Waals surface area contributed by atoms with Crippen LogP contribution in [0.1, 0.15) is 19.8 Å². The van der Waals surface area contributed by atoms with Gasteiger partial charge in [0.05, 0.1) is 6.61 Å². The van der Waals surface area contributed by atoms with Crippen LogP contribution in [0, 0.1) is 17.2 Å². The van der Waals surface area contributed by atoms with Crippen molar-refractivity contribution < 1.29 is 9.53 Å². The first-order valence-electron chi connectivity index (χ1n) is 4.17. The fourth-order valence-corrected chi connectivity index (χ4v) is 1.23. The van der Waals surface area contributed by atoms with Gasteiger partial charge >= 0.3 is 5.97 Å². The van der Waals surface area contributed by atoms with Crippen molar-refractivity contribution in [3.8, 4) is 0 Å². The molecule has 0 bridgehead atoms. The molecule has 1 rings (SSSR count). The second-order valence-electron chi connectivity index (χ2n) is 3.02. The Kier molecular flexibility index (Phi) is 2.68. The molecule has 0 unspecified atom stereocenters. The van der Waals surface area contributed by atoms with Crippen LogP contribution in [0.5, 0.6) is 0 Å². The molecular formula is C8H14N2O2. The fraction of sp³-hybridized carbons (Fsp3) is 0.750. The number of carbonyl (C=O) groups excluding carboxylic acids is 1. The van der Waals surface area contributed by atoms with Crippen LogP contribution in [0.2, 0.25) is 0 Å². The van der Waals surface area contributed by atoms with E-state index in [0.29, 0.717) is 6.61 Å². The highest BCUT2D eigenvalue weighted by Crippen LogP contribution is 2.37. The highest BCUT2D eigenvalue weighted by atomic mass is 16.5. The first kappa shape index (κ1) is 9.03. The Bertz CT molecular complexity index is 199. The minimum absolute atomic E-state index is 0.0593. The van der Waals surface area contributed by atoms with E-state index in [9.17, 15) is 4.79 Å². The minimum Gasteiger partial charge on any atom is -0.465 e. The Morgan fingerprint density at radius 3 is 2.67 bits per heavy atom. The third-order valence-corrected chi connectivity index (χ3v) is 1.97. The third-order valence-electron chi connectivity index (χ3n) is 1.97. The molecule has 1 saturated carbocycles. The summed E-state index contributed by atoms with van der Waals surface area (Å²) in [6, 6.07) is 0. The lowest BCUT2D eigenvalue weighted by Gasteiger charge is -2.12. The molecule has 1 aliphatic carbocycles. The average molecular weight is 170 g/mol. The van der Waals surface area contributed by atoms with Gasteiger partial charge in [0.25, 0.3) is 0 Å². The Labute approximate surface area is 71.6 Å². The van der Waals surface area contributed by atoms with Crippen molar-refractivity contribution in [2.24, 2.45) is 17.6 Å². The maximum atomic E-state index is 11.2. The molecule has 1 aliphatic rings. The molecule has 0 amide bonds. The van der Waals surface area contributed by atoms with Crippen LogP contribution in [0.3, 0.4) is 0 Å². The Morgan fingerprint density at radius 2 is 2.33 bits per heavy atom. The van der Waals surface area contributed by atoms with Crippen LogP contribution in [0.15, 0.2) is 0 Å². The van der Waals surface area contributed by atoms with E-state index in [1.165, 1.54) is 0 Å². The first-order chi connectivity index (χ1) is 5.66. The number of hydrogen-bond acceptors (Lipinski definition) is 3. The van der Waals surface area contributed by atoms with Gasteiger partial charge in [0.1, 0.15) is 11.8 Å². The molecular weight excluding hydrogens is 156 g/mol. The predicted octanol–water partition coefficient (Wildman–Crippen LogP) is 0.512. The molecule has 0 aliphatic heterocycles. The van der Waals surface area contributed by atoms with Gasteiger partial charge in [-0.15, -0.1) is 0 Å². The van der Waals surface area contributed by atoms with Crippen molar-refractivity contribution in [1.29, 1.82) is 5.41 Å². The molecule has 0 heterocycles. The van der Waals surface area contributed by atoms with Gasteiger partial charge in [-0.1, -0.05) is 0 Å². The SMILES string of the molecule is CCOC(=O)[C@@H](C(=N)N)C1CC1.